The van der Waals surface area contributed by atoms with E-state index in [-0.39, 0.29) is 28.0 Å². The number of carboxylic acids is 1. The van der Waals surface area contributed by atoms with E-state index in [0.717, 1.165) is 0 Å². The predicted octanol–water partition coefficient (Wildman–Crippen LogP) is 3.31. The summed E-state index contributed by atoms with van der Waals surface area (Å²) in [5.74, 6) is -1.94. The molecular formula is C19H10O4. The minimum absolute atomic E-state index is 0.0140. The number of aromatic carboxylic acids is 1. The fourth-order valence-electron chi connectivity index (χ4n) is 3.14. The highest BCUT2D eigenvalue weighted by Crippen LogP contribution is 2.34. The van der Waals surface area contributed by atoms with Gasteiger partial charge in [-0.1, -0.05) is 48.5 Å². The molecule has 4 heteroatoms. The fourth-order valence-corrected chi connectivity index (χ4v) is 3.14. The Morgan fingerprint density at radius 3 is 2.00 bits per heavy atom. The quantitative estimate of drug-likeness (QED) is 0.585. The van der Waals surface area contributed by atoms with Crippen molar-refractivity contribution >= 4 is 28.3 Å². The van der Waals surface area contributed by atoms with Gasteiger partial charge in [-0.2, -0.15) is 0 Å². The van der Waals surface area contributed by atoms with Crippen molar-refractivity contribution in [2.24, 2.45) is 0 Å². The van der Waals surface area contributed by atoms with Gasteiger partial charge in [0, 0.05) is 22.3 Å². The van der Waals surface area contributed by atoms with Crippen LogP contribution < -0.4 is 0 Å². The molecule has 0 atom stereocenters. The maximum atomic E-state index is 12.9. The Bertz CT molecular complexity index is 1030. The summed E-state index contributed by atoms with van der Waals surface area (Å²) >= 11 is 0. The van der Waals surface area contributed by atoms with Crippen LogP contribution in [0.15, 0.2) is 54.6 Å². The van der Waals surface area contributed by atoms with E-state index in [1.54, 1.807) is 48.5 Å². The Kier molecular flexibility index (Phi) is 2.69. The highest BCUT2D eigenvalue weighted by atomic mass is 16.4. The summed E-state index contributed by atoms with van der Waals surface area (Å²) in [7, 11) is 0. The smallest absolute Gasteiger partial charge is 0.336 e. The van der Waals surface area contributed by atoms with E-state index in [1.165, 1.54) is 6.07 Å². The lowest BCUT2D eigenvalue weighted by molar-refractivity contribution is 0.0693. The number of carboxylic acid groups (broad SMARTS) is 1. The van der Waals surface area contributed by atoms with Crippen molar-refractivity contribution in [3.05, 3.63) is 82.4 Å². The molecule has 3 aromatic carbocycles. The van der Waals surface area contributed by atoms with Crippen molar-refractivity contribution < 1.29 is 19.5 Å². The molecule has 4 rings (SSSR count). The van der Waals surface area contributed by atoms with Gasteiger partial charge in [0.25, 0.3) is 0 Å². The van der Waals surface area contributed by atoms with E-state index in [4.69, 9.17) is 0 Å². The number of fused-ring (bicyclic) bond motifs is 4. The van der Waals surface area contributed by atoms with Crippen molar-refractivity contribution in [1.29, 1.82) is 0 Å². The summed E-state index contributed by atoms with van der Waals surface area (Å²) < 4.78 is 0. The number of benzene rings is 3. The Morgan fingerprint density at radius 1 is 0.783 bits per heavy atom. The Labute approximate surface area is 131 Å². The van der Waals surface area contributed by atoms with E-state index >= 15 is 0 Å². The summed E-state index contributed by atoms with van der Waals surface area (Å²) in [6.45, 7) is 0. The average Bonchev–Trinajstić information content (AvgIpc) is 2.58. The highest BCUT2D eigenvalue weighted by molar-refractivity contribution is 6.34. The third-order valence-electron chi connectivity index (χ3n) is 4.15. The molecule has 23 heavy (non-hydrogen) atoms. The van der Waals surface area contributed by atoms with Gasteiger partial charge in [-0.05, 0) is 16.8 Å². The van der Waals surface area contributed by atoms with Gasteiger partial charge in [-0.25, -0.2) is 4.79 Å². The maximum Gasteiger partial charge on any atom is 0.336 e. The van der Waals surface area contributed by atoms with Crippen LogP contribution in [0.4, 0.5) is 0 Å². The Morgan fingerprint density at radius 2 is 1.35 bits per heavy atom. The first-order valence-electron chi connectivity index (χ1n) is 7.07. The van der Waals surface area contributed by atoms with Crippen LogP contribution in [0.1, 0.15) is 42.2 Å². The number of ketones is 2. The average molecular weight is 302 g/mol. The molecule has 0 fully saturated rings. The van der Waals surface area contributed by atoms with Crippen molar-refractivity contribution in [3.63, 3.8) is 0 Å². The molecule has 1 aliphatic rings. The van der Waals surface area contributed by atoms with Gasteiger partial charge in [0.1, 0.15) is 0 Å². The molecule has 4 nitrogen and oxygen atoms in total. The Balaban J connectivity index is 2.20. The van der Waals surface area contributed by atoms with Gasteiger partial charge >= 0.3 is 5.97 Å². The normalized spacial score (nSPS) is 12.9. The second-order valence-electron chi connectivity index (χ2n) is 5.40. The van der Waals surface area contributed by atoms with Gasteiger partial charge in [-0.3, -0.25) is 9.59 Å². The van der Waals surface area contributed by atoms with Crippen LogP contribution in [0.3, 0.4) is 0 Å². The first kappa shape index (κ1) is 13.4. The zero-order valence-electron chi connectivity index (χ0n) is 11.9. The number of hydrogen-bond acceptors (Lipinski definition) is 3. The van der Waals surface area contributed by atoms with E-state index in [9.17, 15) is 19.5 Å². The van der Waals surface area contributed by atoms with Crippen LogP contribution >= 0.6 is 0 Å². The van der Waals surface area contributed by atoms with Gasteiger partial charge in [-0.15, -0.1) is 0 Å². The maximum absolute atomic E-state index is 12.9. The molecule has 0 heterocycles. The highest BCUT2D eigenvalue weighted by Gasteiger charge is 2.34. The van der Waals surface area contributed by atoms with Gasteiger partial charge in [0.15, 0.2) is 11.6 Å². The number of hydrogen-bond donors (Lipinski definition) is 1. The predicted molar refractivity (Wildman–Crippen MR) is 84.2 cm³/mol. The van der Waals surface area contributed by atoms with Crippen molar-refractivity contribution in [3.8, 4) is 0 Å². The van der Waals surface area contributed by atoms with E-state index < -0.39 is 11.8 Å². The van der Waals surface area contributed by atoms with Gasteiger partial charge < -0.3 is 5.11 Å². The minimum atomic E-state index is -1.22. The first-order chi connectivity index (χ1) is 11.1. The molecule has 3 aromatic rings. The van der Waals surface area contributed by atoms with Crippen molar-refractivity contribution in [1.82, 2.24) is 0 Å². The molecule has 0 aliphatic heterocycles. The second-order valence-corrected chi connectivity index (χ2v) is 5.40. The van der Waals surface area contributed by atoms with Crippen LogP contribution in [-0.4, -0.2) is 22.6 Å². The number of carbonyl (C=O) groups is 3. The molecule has 0 spiro atoms. The largest absolute Gasteiger partial charge is 0.478 e. The third-order valence-corrected chi connectivity index (χ3v) is 4.15. The monoisotopic (exact) mass is 302 g/mol. The SMILES string of the molecule is O=C(O)c1cc2ccccc2c2c1C(=O)c1ccccc1C2=O. The molecule has 0 aromatic heterocycles. The van der Waals surface area contributed by atoms with Gasteiger partial charge in [0.2, 0.25) is 0 Å². The lowest BCUT2D eigenvalue weighted by Gasteiger charge is -2.20. The Hall–Kier alpha value is -3.27. The summed E-state index contributed by atoms with van der Waals surface area (Å²) in [6, 6.07) is 15.0. The van der Waals surface area contributed by atoms with E-state index in [2.05, 4.69) is 0 Å². The topological polar surface area (TPSA) is 71.4 Å². The van der Waals surface area contributed by atoms with Crippen molar-refractivity contribution in [2.45, 2.75) is 0 Å². The minimum Gasteiger partial charge on any atom is -0.478 e. The molecular weight excluding hydrogens is 292 g/mol. The molecule has 0 unspecified atom stereocenters. The summed E-state index contributed by atoms with van der Waals surface area (Å²) in [5.41, 5.74) is 0.608. The van der Waals surface area contributed by atoms with Gasteiger partial charge in [0.05, 0.1) is 5.56 Å². The summed E-state index contributed by atoms with van der Waals surface area (Å²) in [6.07, 6.45) is 0. The lowest BCUT2D eigenvalue weighted by Crippen LogP contribution is -2.24. The molecule has 1 N–H and O–H groups in total. The molecule has 0 saturated carbocycles. The fraction of sp³-hybridized carbons (Fsp3) is 0. The molecule has 0 saturated heterocycles. The molecule has 0 bridgehead atoms. The van der Waals surface area contributed by atoms with E-state index in [1.807, 2.05) is 0 Å². The zero-order chi connectivity index (χ0) is 16.1. The van der Waals surface area contributed by atoms with Crippen LogP contribution in [0.5, 0.6) is 0 Å². The standard InChI is InChI=1S/C19H10O4/c20-17-12-7-3-4-8-13(12)18(21)16-14(19(22)23)9-10-5-1-2-6-11(10)15(16)17/h1-9H,(H,22,23). The van der Waals surface area contributed by atoms with Crippen LogP contribution in [0.2, 0.25) is 0 Å². The lowest BCUT2D eigenvalue weighted by atomic mass is 9.79. The van der Waals surface area contributed by atoms with Crippen molar-refractivity contribution in [2.75, 3.05) is 0 Å². The summed E-state index contributed by atoms with van der Waals surface area (Å²) in [5, 5.41) is 10.7. The van der Waals surface area contributed by atoms with Crippen LogP contribution in [-0.2, 0) is 0 Å². The van der Waals surface area contributed by atoms with E-state index in [0.29, 0.717) is 16.3 Å². The third kappa shape index (κ3) is 1.75. The molecule has 0 radical (unpaired) electrons. The molecule has 0 amide bonds. The molecule has 1 aliphatic carbocycles. The first-order valence-corrected chi connectivity index (χ1v) is 7.07. The summed E-state index contributed by atoms with van der Waals surface area (Å²) in [4.78, 5) is 37.3. The number of rotatable bonds is 1. The second kappa shape index (κ2) is 4.61. The molecule has 110 valence electrons. The van der Waals surface area contributed by atoms with Crippen LogP contribution in [0.25, 0.3) is 10.8 Å². The number of carbonyl (C=O) groups excluding carboxylic acids is 2. The zero-order valence-corrected chi connectivity index (χ0v) is 11.9. The van der Waals surface area contributed by atoms with Crippen LogP contribution in [0, 0.1) is 0 Å².